The van der Waals surface area contributed by atoms with Crippen molar-refractivity contribution in [3.8, 4) is 11.1 Å². The Labute approximate surface area is 157 Å². The molecular weight excluding hydrogens is 344 g/mol. The monoisotopic (exact) mass is 362 g/mol. The molecule has 0 unspecified atom stereocenters. The largest absolute Gasteiger partial charge is 0.340 e. The lowest BCUT2D eigenvalue weighted by Gasteiger charge is -2.11. The molecule has 0 saturated carbocycles. The van der Waals surface area contributed by atoms with E-state index in [0.717, 1.165) is 50.3 Å². The number of aryl methyl sites for hydroxylation is 3. The van der Waals surface area contributed by atoms with Crippen LogP contribution in [0.15, 0.2) is 54.6 Å². The third kappa shape index (κ3) is 2.93. The normalized spacial score (nSPS) is 11.1. The van der Waals surface area contributed by atoms with Gasteiger partial charge in [-0.3, -0.25) is 0 Å². The molecule has 0 radical (unpaired) electrons. The maximum Gasteiger partial charge on any atom is 0.165 e. The zero-order chi connectivity index (χ0) is 18.3. The number of anilines is 2. The summed E-state index contributed by atoms with van der Waals surface area (Å²) < 4.78 is 1.86. The highest BCUT2D eigenvalue weighted by molar-refractivity contribution is 6.31. The molecule has 2 aromatic carbocycles. The van der Waals surface area contributed by atoms with Crippen LogP contribution in [0.3, 0.4) is 0 Å². The minimum absolute atomic E-state index is 0.735. The standard InChI is InChI=1S/C21H19ClN4/c1-13-9-10-17(12-18(13)22)24-19-11-14(2)23-21-20(15(3)25-26(19)21)16-7-5-4-6-8-16/h4-12,24H,1-3H3. The van der Waals surface area contributed by atoms with Gasteiger partial charge in [-0.05, 0) is 44.0 Å². The zero-order valence-corrected chi connectivity index (χ0v) is 15.7. The Morgan fingerprint density at radius 2 is 1.73 bits per heavy atom. The summed E-state index contributed by atoms with van der Waals surface area (Å²) in [7, 11) is 0. The molecule has 4 aromatic rings. The fraction of sp³-hybridized carbons (Fsp3) is 0.143. The van der Waals surface area contributed by atoms with E-state index in [2.05, 4.69) is 17.4 Å². The van der Waals surface area contributed by atoms with Gasteiger partial charge in [0.15, 0.2) is 5.65 Å². The van der Waals surface area contributed by atoms with Gasteiger partial charge < -0.3 is 5.32 Å². The molecule has 4 nitrogen and oxygen atoms in total. The van der Waals surface area contributed by atoms with Gasteiger partial charge in [-0.15, -0.1) is 0 Å². The molecule has 2 heterocycles. The lowest BCUT2D eigenvalue weighted by atomic mass is 10.1. The third-order valence-electron chi connectivity index (χ3n) is 4.40. The topological polar surface area (TPSA) is 42.2 Å². The first kappa shape index (κ1) is 16.6. The molecule has 0 saturated heterocycles. The number of rotatable bonds is 3. The minimum Gasteiger partial charge on any atom is -0.340 e. The Kier molecular flexibility index (Phi) is 4.13. The summed E-state index contributed by atoms with van der Waals surface area (Å²) in [5, 5.41) is 8.88. The number of benzene rings is 2. The van der Waals surface area contributed by atoms with Crippen LogP contribution >= 0.6 is 11.6 Å². The van der Waals surface area contributed by atoms with Gasteiger partial charge in [0, 0.05) is 28.0 Å². The molecule has 0 bridgehead atoms. The molecule has 0 amide bonds. The van der Waals surface area contributed by atoms with Crippen molar-refractivity contribution >= 4 is 28.8 Å². The Balaban J connectivity index is 1.87. The number of halogens is 1. The smallest absolute Gasteiger partial charge is 0.165 e. The van der Waals surface area contributed by atoms with E-state index in [1.54, 1.807) is 0 Å². The quantitative estimate of drug-likeness (QED) is 0.507. The summed E-state index contributed by atoms with van der Waals surface area (Å²) in [6.07, 6.45) is 0. The second-order valence-corrected chi connectivity index (χ2v) is 6.84. The molecule has 0 aliphatic rings. The third-order valence-corrected chi connectivity index (χ3v) is 4.81. The van der Waals surface area contributed by atoms with Crippen molar-refractivity contribution in [3.63, 3.8) is 0 Å². The van der Waals surface area contributed by atoms with E-state index < -0.39 is 0 Å². The number of nitrogens with one attached hydrogen (secondary N) is 1. The van der Waals surface area contributed by atoms with E-state index in [4.69, 9.17) is 21.7 Å². The maximum atomic E-state index is 6.26. The van der Waals surface area contributed by atoms with Gasteiger partial charge in [0.1, 0.15) is 5.82 Å². The highest BCUT2D eigenvalue weighted by Gasteiger charge is 2.16. The van der Waals surface area contributed by atoms with Gasteiger partial charge in [0.05, 0.1) is 5.69 Å². The molecule has 1 N–H and O–H groups in total. The molecule has 130 valence electrons. The molecule has 0 fully saturated rings. The Hall–Kier alpha value is -2.85. The number of aromatic nitrogens is 3. The highest BCUT2D eigenvalue weighted by Crippen LogP contribution is 2.30. The van der Waals surface area contributed by atoms with Crippen molar-refractivity contribution in [2.45, 2.75) is 20.8 Å². The first-order valence-electron chi connectivity index (χ1n) is 8.48. The molecule has 0 aliphatic carbocycles. The molecular formula is C21H19ClN4. The first-order chi connectivity index (χ1) is 12.5. The van der Waals surface area contributed by atoms with Gasteiger partial charge in [0.25, 0.3) is 0 Å². The summed E-state index contributed by atoms with van der Waals surface area (Å²) in [4.78, 5) is 4.74. The van der Waals surface area contributed by atoms with Crippen LogP contribution in [0.2, 0.25) is 5.02 Å². The Morgan fingerprint density at radius 1 is 0.962 bits per heavy atom. The van der Waals surface area contributed by atoms with Gasteiger partial charge in [-0.25, -0.2) is 4.98 Å². The zero-order valence-electron chi connectivity index (χ0n) is 14.9. The van der Waals surface area contributed by atoms with Crippen molar-refractivity contribution in [3.05, 3.63) is 76.6 Å². The fourth-order valence-corrected chi connectivity index (χ4v) is 3.28. The molecule has 0 aliphatic heterocycles. The molecule has 4 rings (SSSR count). The van der Waals surface area contributed by atoms with Gasteiger partial charge >= 0.3 is 0 Å². The van der Waals surface area contributed by atoms with Crippen LogP contribution in [0, 0.1) is 20.8 Å². The SMILES string of the molecule is Cc1cc(Nc2ccc(C)c(Cl)c2)n2nc(C)c(-c3ccccc3)c2n1. The number of fused-ring (bicyclic) bond motifs is 1. The van der Waals surface area contributed by atoms with Gasteiger partial charge in [-0.2, -0.15) is 9.61 Å². The van der Waals surface area contributed by atoms with Crippen molar-refractivity contribution in [2.24, 2.45) is 0 Å². The van der Waals surface area contributed by atoms with Crippen LogP contribution in [0.1, 0.15) is 17.0 Å². The summed E-state index contributed by atoms with van der Waals surface area (Å²) in [5.41, 5.74) is 6.85. The first-order valence-corrected chi connectivity index (χ1v) is 8.86. The van der Waals surface area contributed by atoms with Crippen molar-refractivity contribution in [1.82, 2.24) is 14.6 Å². The van der Waals surface area contributed by atoms with Gasteiger partial charge in [-0.1, -0.05) is 48.0 Å². The predicted molar refractivity (Wildman–Crippen MR) is 107 cm³/mol. The molecule has 2 aromatic heterocycles. The van der Waals surface area contributed by atoms with Crippen molar-refractivity contribution in [1.29, 1.82) is 0 Å². The number of hydrogen-bond donors (Lipinski definition) is 1. The number of hydrogen-bond acceptors (Lipinski definition) is 3. The van der Waals surface area contributed by atoms with E-state index in [0.29, 0.717) is 0 Å². The lowest BCUT2D eigenvalue weighted by molar-refractivity contribution is 0.917. The molecule has 0 spiro atoms. The van der Waals surface area contributed by atoms with E-state index in [9.17, 15) is 0 Å². The summed E-state index contributed by atoms with van der Waals surface area (Å²) in [5.74, 6) is 0.859. The lowest BCUT2D eigenvalue weighted by Crippen LogP contribution is -2.02. The summed E-state index contributed by atoms with van der Waals surface area (Å²) in [6.45, 7) is 5.99. The fourth-order valence-electron chi connectivity index (χ4n) is 3.09. The molecule has 0 atom stereocenters. The van der Waals surface area contributed by atoms with Crippen LogP contribution in [-0.4, -0.2) is 14.6 Å². The van der Waals surface area contributed by atoms with Crippen molar-refractivity contribution in [2.75, 3.05) is 5.32 Å². The summed E-state index contributed by atoms with van der Waals surface area (Å²) in [6, 6.07) is 18.2. The van der Waals surface area contributed by atoms with Gasteiger partial charge in [0.2, 0.25) is 0 Å². The van der Waals surface area contributed by atoms with E-state index in [1.807, 2.05) is 67.8 Å². The average molecular weight is 363 g/mol. The molecule has 26 heavy (non-hydrogen) atoms. The van der Waals surface area contributed by atoms with Crippen LogP contribution in [0.4, 0.5) is 11.5 Å². The molecule has 5 heteroatoms. The predicted octanol–water partition coefficient (Wildman–Crippen LogP) is 5.72. The second-order valence-electron chi connectivity index (χ2n) is 6.43. The highest BCUT2D eigenvalue weighted by atomic mass is 35.5. The second kappa shape index (κ2) is 6.46. The minimum atomic E-state index is 0.735. The average Bonchev–Trinajstić information content (AvgIpc) is 2.95. The van der Waals surface area contributed by atoms with Crippen LogP contribution < -0.4 is 5.32 Å². The van der Waals surface area contributed by atoms with E-state index in [1.165, 1.54) is 0 Å². The number of nitrogens with zero attached hydrogens (tertiary/aromatic N) is 3. The van der Waals surface area contributed by atoms with Crippen LogP contribution in [0.25, 0.3) is 16.8 Å². The maximum absolute atomic E-state index is 6.26. The Bertz CT molecular complexity index is 1100. The van der Waals surface area contributed by atoms with E-state index >= 15 is 0 Å². The van der Waals surface area contributed by atoms with Crippen LogP contribution in [-0.2, 0) is 0 Å². The van der Waals surface area contributed by atoms with E-state index in [-0.39, 0.29) is 0 Å². The summed E-state index contributed by atoms with van der Waals surface area (Å²) >= 11 is 6.26. The van der Waals surface area contributed by atoms with Crippen LogP contribution in [0.5, 0.6) is 0 Å². The van der Waals surface area contributed by atoms with Crippen molar-refractivity contribution < 1.29 is 0 Å². The Morgan fingerprint density at radius 3 is 2.46 bits per heavy atom.